The second kappa shape index (κ2) is 1.90. The fourth-order valence-corrected chi connectivity index (χ4v) is 0.492. The van der Waals surface area contributed by atoms with E-state index in [9.17, 15) is 4.79 Å². The van der Waals surface area contributed by atoms with Gasteiger partial charge in [0.25, 0.3) is 0 Å². The van der Waals surface area contributed by atoms with Crippen molar-refractivity contribution in [3.8, 4) is 0 Å². The van der Waals surface area contributed by atoms with E-state index in [1.807, 2.05) is 0 Å². The summed E-state index contributed by atoms with van der Waals surface area (Å²) in [7, 11) is 0. The number of Topliss-reactive ketones (excluding diaryl/α,β-unsaturated/α-hetero) is 1. The Kier molecular flexibility index (Phi) is 1.24. The molecule has 2 heteroatoms. The number of nitrogens with zero attached hydrogens (tertiary/aromatic N) is 1. The van der Waals surface area contributed by atoms with Gasteiger partial charge in [0.2, 0.25) is 0 Å². The van der Waals surface area contributed by atoms with Gasteiger partial charge in [0, 0.05) is 12.6 Å². The van der Waals surface area contributed by atoms with Crippen LogP contribution in [0.5, 0.6) is 0 Å². The van der Waals surface area contributed by atoms with E-state index < -0.39 is 0 Å². The van der Waals surface area contributed by atoms with E-state index in [0.29, 0.717) is 12.1 Å². The molecule has 1 aliphatic rings. The van der Waals surface area contributed by atoms with Crippen LogP contribution in [-0.2, 0) is 4.79 Å². The number of allylic oxidation sites excluding steroid dienone is 1. The van der Waals surface area contributed by atoms with Crippen molar-refractivity contribution >= 4 is 11.5 Å². The zero-order valence-corrected chi connectivity index (χ0v) is 4.42. The van der Waals surface area contributed by atoms with Crippen LogP contribution < -0.4 is 0 Å². The van der Waals surface area contributed by atoms with Gasteiger partial charge in [-0.3, -0.25) is 9.79 Å². The van der Waals surface area contributed by atoms with Crippen molar-refractivity contribution in [2.75, 3.05) is 0 Å². The summed E-state index contributed by atoms with van der Waals surface area (Å²) < 4.78 is 0. The minimum absolute atomic E-state index is 0.0208. The largest absolute Gasteiger partial charge is 0.292 e. The summed E-state index contributed by atoms with van der Waals surface area (Å²) in [4.78, 5) is 14.2. The highest BCUT2D eigenvalue weighted by molar-refractivity contribution is 6.42. The van der Waals surface area contributed by atoms with Crippen LogP contribution in [0.1, 0.15) is 6.42 Å². The van der Waals surface area contributed by atoms with Gasteiger partial charge in [-0.2, -0.15) is 0 Å². The summed E-state index contributed by atoms with van der Waals surface area (Å²) >= 11 is 0. The van der Waals surface area contributed by atoms with Gasteiger partial charge in [0.1, 0.15) is 0 Å². The molecule has 1 rings (SSSR count). The number of carbonyl (C=O) groups is 1. The molecule has 0 N–H and O–H groups in total. The van der Waals surface area contributed by atoms with Gasteiger partial charge in [-0.05, 0) is 6.92 Å². The molecule has 0 atom stereocenters. The van der Waals surface area contributed by atoms with Crippen LogP contribution in [0, 0.1) is 6.92 Å². The van der Waals surface area contributed by atoms with Crippen LogP contribution >= 0.6 is 0 Å². The topological polar surface area (TPSA) is 29.4 Å². The third kappa shape index (κ3) is 0.832. The van der Waals surface area contributed by atoms with Crippen molar-refractivity contribution in [1.29, 1.82) is 0 Å². The first kappa shape index (κ1) is 5.22. The molecule has 1 radical (unpaired) electrons. The van der Waals surface area contributed by atoms with Crippen LogP contribution in [0.25, 0.3) is 0 Å². The number of hydrogen-bond donors (Lipinski definition) is 0. The average Bonchev–Trinajstić information content (AvgIpc) is 1.77. The lowest BCUT2D eigenvalue weighted by Gasteiger charge is -1.97. The first-order valence-electron chi connectivity index (χ1n) is 2.38. The van der Waals surface area contributed by atoms with Crippen LogP contribution in [0.3, 0.4) is 0 Å². The smallest absolute Gasteiger partial charge is 0.180 e. The quantitative estimate of drug-likeness (QED) is 0.450. The van der Waals surface area contributed by atoms with E-state index in [0.717, 1.165) is 0 Å². The maximum absolute atomic E-state index is 10.5. The van der Waals surface area contributed by atoms with Gasteiger partial charge in [0.15, 0.2) is 5.78 Å². The van der Waals surface area contributed by atoms with E-state index in [-0.39, 0.29) is 5.78 Å². The Labute approximate surface area is 47.9 Å². The molecule has 41 valence electrons. The summed E-state index contributed by atoms with van der Waals surface area (Å²) in [6.07, 6.45) is 3.78. The highest BCUT2D eigenvalue weighted by Gasteiger charge is 2.04. The van der Waals surface area contributed by atoms with Crippen molar-refractivity contribution in [3.63, 3.8) is 0 Å². The molecule has 0 saturated heterocycles. The minimum atomic E-state index is 0.0208. The van der Waals surface area contributed by atoms with Crippen LogP contribution in [0.15, 0.2) is 17.3 Å². The first-order valence-corrected chi connectivity index (χ1v) is 2.38. The standard InChI is InChI=1S/C6H6NO/c1-5-6(8)3-2-4-7-5/h2,4H,1,3H2. The van der Waals surface area contributed by atoms with Crippen molar-refractivity contribution in [2.45, 2.75) is 6.42 Å². The van der Waals surface area contributed by atoms with E-state index in [1.54, 1.807) is 12.3 Å². The molecule has 0 aromatic heterocycles. The molecule has 0 aromatic carbocycles. The van der Waals surface area contributed by atoms with Crippen LogP contribution in [-0.4, -0.2) is 11.5 Å². The maximum Gasteiger partial charge on any atom is 0.180 e. The highest BCUT2D eigenvalue weighted by atomic mass is 16.1. The predicted molar refractivity (Wildman–Crippen MR) is 31.6 cm³/mol. The number of carbonyl (C=O) groups excluding carboxylic acids is 1. The van der Waals surface area contributed by atoms with Gasteiger partial charge < -0.3 is 0 Å². The Hall–Kier alpha value is -0.920. The Morgan fingerprint density at radius 3 is 2.88 bits per heavy atom. The van der Waals surface area contributed by atoms with Gasteiger partial charge >= 0.3 is 0 Å². The second-order valence-electron chi connectivity index (χ2n) is 1.59. The number of hydrogen-bond acceptors (Lipinski definition) is 2. The molecule has 0 unspecified atom stereocenters. The second-order valence-corrected chi connectivity index (χ2v) is 1.59. The fourth-order valence-electron chi connectivity index (χ4n) is 0.492. The molecule has 2 nitrogen and oxygen atoms in total. The summed E-state index contributed by atoms with van der Waals surface area (Å²) in [5.41, 5.74) is 0.368. The summed E-state index contributed by atoms with van der Waals surface area (Å²) in [5, 5.41) is 0. The zero-order valence-electron chi connectivity index (χ0n) is 4.42. The van der Waals surface area contributed by atoms with E-state index in [2.05, 4.69) is 11.9 Å². The first-order chi connectivity index (χ1) is 3.80. The molecule has 0 saturated carbocycles. The molecule has 1 heterocycles. The molecule has 0 spiro atoms. The van der Waals surface area contributed by atoms with Crippen LogP contribution in [0.4, 0.5) is 0 Å². The SMILES string of the molecule is [CH2]C1=NC=CCC1=O. The lowest BCUT2D eigenvalue weighted by molar-refractivity contribution is -0.112. The highest BCUT2D eigenvalue weighted by Crippen LogP contribution is 1.96. The summed E-state index contributed by atoms with van der Waals surface area (Å²) in [6.45, 7) is 3.43. The maximum atomic E-state index is 10.5. The van der Waals surface area contributed by atoms with Crippen molar-refractivity contribution in [2.24, 2.45) is 4.99 Å². The summed E-state index contributed by atoms with van der Waals surface area (Å²) in [6, 6.07) is 0. The van der Waals surface area contributed by atoms with E-state index >= 15 is 0 Å². The summed E-state index contributed by atoms with van der Waals surface area (Å²) in [5.74, 6) is 0.0208. The molecular formula is C6H6NO. The molecule has 1 aliphatic heterocycles. The van der Waals surface area contributed by atoms with Crippen molar-refractivity contribution in [3.05, 3.63) is 19.2 Å². The van der Waals surface area contributed by atoms with Gasteiger partial charge in [-0.25, -0.2) is 0 Å². The van der Waals surface area contributed by atoms with Gasteiger partial charge in [0.05, 0.1) is 5.71 Å². The average molecular weight is 108 g/mol. The Morgan fingerprint density at radius 2 is 2.50 bits per heavy atom. The minimum Gasteiger partial charge on any atom is -0.292 e. The Morgan fingerprint density at radius 1 is 1.75 bits per heavy atom. The Balaban J connectivity index is 2.80. The predicted octanol–water partition coefficient (Wildman–Crippen LogP) is 0.748. The van der Waals surface area contributed by atoms with Crippen molar-refractivity contribution in [1.82, 2.24) is 0 Å². The molecule has 0 aromatic rings. The number of aliphatic imine (C=N–C) groups is 1. The lowest BCUT2D eigenvalue weighted by atomic mass is 10.2. The number of ketones is 1. The molecule has 0 bridgehead atoms. The molecule has 0 aliphatic carbocycles. The van der Waals surface area contributed by atoms with Gasteiger partial charge in [-0.15, -0.1) is 0 Å². The van der Waals surface area contributed by atoms with E-state index in [1.165, 1.54) is 0 Å². The van der Waals surface area contributed by atoms with Gasteiger partial charge in [-0.1, -0.05) is 6.08 Å². The lowest BCUT2D eigenvalue weighted by Crippen LogP contribution is -2.10. The third-order valence-corrected chi connectivity index (χ3v) is 0.961. The molecule has 0 amide bonds. The van der Waals surface area contributed by atoms with Crippen LogP contribution in [0.2, 0.25) is 0 Å². The zero-order chi connectivity index (χ0) is 5.98. The molecular weight excluding hydrogens is 102 g/mol. The molecule has 0 fully saturated rings. The monoisotopic (exact) mass is 108 g/mol. The number of rotatable bonds is 0. The van der Waals surface area contributed by atoms with Crippen molar-refractivity contribution < 1.29 is 4.79 Å². The fraction of sp³-hybridized carbons (Fsp3) is 0.167. The third-order valence-electron chi connectivity index (χ3n) is 0.961. The Bertz CT molecular complexity index is 167. The normalized spacial score (nSPS) is 18.6. The van der Waals surface area contributed by atoms with E-state index in [4.69, 9.17) is 0 Å². The molecule has 8 heavy (non-hydrogen) atoms.